The van der Waals surface area contributed by atoms with Crippen LogP contribution < -0.4 is 5.32 Å². The Bertz CT molecular complexity index is 598. The van der Waals surface area contributed by atoms with Crippen LogP contribution in [0, 0.1) is 47.3 Å². The monoisotopic (exact) mass is 698 g/mol. The van der Waals surface area contributed by atoms with Crippen molar-refractivity contribution in [3.8, 4) is 0 Å². The number of hydrogen-bond acceptors (Lipinski definition) is 5. The van der Waals surface area contributed by atoms with Crippen molar-refractivity contribution in [2.45, 2.75) is 217 Å². The Kier molecular flexibility index (Phi) is 23.5. The highest BCUT2D eigenvalue weighted by molar-refractivity contribution is 7.99. The minimum Gasteiger partial charge on any atom is -0.374 e. The van der Waals surface area contributed by atoms with Crippen LogP contribution in [-0.4, -0.2) is 60.2 Å². The molecule has 0 aromatic heterocycles. The van der Waals surface area contributed by atoms with E-state index < -0.39 is 0 Å². The van der Waals surface area contributed by atoms with Crippen LogP contribution in [0.25, 0.3) is 0 Å². The molecule has 0 spiro atoms. The fraction of sp³-hybridized carbons (Fsp3) is 1.00. The summed E-state index contributed by atoms with van der Waals surface area (Å²) in [4.78, 5) is 0. The van der Waals surface area contributed by atoms with Crippen molar-refractivity contribution in [1.82, 2.24) is 5.32 Å². The van der Waals surface area contributed by atoms with E-state index in [1.807, 2.05) is 0 Å². The summed E-state index contributed by atoms with van der Waals surface area (Å²) in [6.07, 6.45) is 14.8. The topological polar surface area (TPSA) is 39.7 Å². The van der Waals surface area contributed by atoms with E-state index in [1.165, 1.54) is 69.3 Å². The molecule has 4 aliphatic rings. The van der Waals surface area contributed by atoms with Gasteiger partial charge in [0.15, 0.2) is 0 Å². The van der Waals surface area contributed by atoms with E-state index in [9.17, 15) is 0 Å². The van der Waals surface area contributed by atoms with Gasteiger partial charge in [0, 0.05) is 23.6 Å². The molecule has 48 heavy (non-hydrogen) atoms. The third kappa shape index (κ3) is 18.1. The van der Waals surface area contributed by atoms with Crippen molar-refractivity contribution in [3.05, 3.63) is 0 Å². The molecule has 4 fully saturated rings. The molecule has 0 unspecified atom stereocenters. The van der Waals surface area contributed by atoms with Crippen molar-refractivity contribution in [1.29, 1.82) is 0 Å². The minimum atomic E-state index is 0.520. The summed E-state index contributed by atoms with van der Waals surface area (Å²) in [7, 11) is 0. The highest BCUT2D eigenvalue weighted by atomic mass is 32.2. The highest BCUT2D eigenvalue weighted by Gasteiger charge is 2.28. The molecule has 4 nitrogen and oxygen atoms in total. The normalized spacial score (nSPS) is 31.5. The molecule has 0 bridgehead atoms. The van der Waals surface area contributed by atoms with Crippen molar-refractivity contribution < 1.29 is 14.2 Å². The van der Waals surface area contributed by atoms with Crippen molar-refractivity contribution in [3.63, 3.8) is 0 Å². The molecule has 4 aliphatic heterocycles. The number of rotatable bonds is 8. The van der Waals surface area contributed by atoms with Crippen LogP contribution in [0.1, 0.15) is 169 Å². The lowest BCUT2D eigenvalue weighted by Gasteiger charge is -2.35. The summed E-state index contributed by atoms with van der Waals surface area (Å²) in [5, 5.41) is 3.73. The zero-order valence-corrected chi connectivity index (χ0v) is 36.0. The lowest BCUT2D eigenvalue weighted by atomic mass is 9.92. The Balaban J connectivity index is 0.000000320. The van der Waals surface area contributed by atoms with Gasteiger partial charge in [-0.3, -0.25) is 0 Å². The number of ether oxygens (including phenoxy) is 3. The molecule has 0 radical (unpaired) electrons. The van der Waals surface area contributed by atoms with Gasteiger partial charge in [0.05, 0.1) is 36.6 Å². The summed E-state index contributed by atoms with van der Waals surface area (Å²) >= 11 is 2.11. The van der Waals surface area contributed by atoms with E-state index in [1.54, 1.807) is 0 Å². The van der Waals surface area contributed by atoms with Gasteiger partial charge in [0.25, 0.3) is 0 Å². The molecule has 4 rings (SSSR count). The van der Waals surface area contributed by atoms with E-state index in [-0.39, 0.29) is 0 Å². The molecule has 4 saturated heterocycles. The van der Waals surface area contributed by atoms with E-state index in [4.69, 9.17) is 14.2 Å². The van der Waals surface area contributed by atoms with Crippen LogP contribution in [0.3, 0.4) is 0 Å². The fourth-order valence-electron chi connectivity index (χ4n) is 7.05. The van der Waals surface area contributed by atoms with Crippen LogP contribution >= 0.6 is 11.8 Å². The highest BCUT2D eigenvalue weighted by Crippen LogP contribution is 2.30. The predicted octanol–water partition coefficient (Wildman–Crippen LogP) is 12.1. The second-order valence-electron chi connectivity index (χ2n) is 18.3. The van der Waals surface area contributed by atoms with Crippen LogP contribution in [0.4, 0.5) is 0 Å². The van der Waals surface area contributed by atoms with Crippen LogP contribution in [0.5, 0.6) is 0 Å². The summed E-state index contributed by atoms with van der Waals surface area (Å²) in [5.74, 6) is 8.26. The quantitative estimate of drug-likeness (QED) is 0.273. The summed E-state index contributed by atoms with van der Waals surface area (Å²) in [6, 6.07) is 1.47. The SMILES string of the molecule is CC(C)[C@@H]1CCC[C@@H](C(C)C)O1.CC(C)[C@@H]1CCC[C@H](C(C)C)O1.CC(C)[C@@H]1CSC[C@@H](C(C)C)N1.CC(C)[C@H]1CCC[C@H](C(C)C)O1. The van der Waals surface area contributed by atoms with E-state index in [2.05, 4.69) is 128 Å². The zero-order chi connectivity index (χ0) is 36.6. The molecule has 5 heteroatoms. The molecule has 288 valence electrons. The van der Waals surface area contributed by atoms with Gasteiger partial charge in [-0.2, -0.15) is 11.8 Å². The van der Waals surface area contributed by atoms with E-state index in [0.717, 1.165) is 23.9 Å². The molecule has 0 aromatic carbocycles. The molecular weight excluding hydrogens is 611 g/mol. The molecular formula is C43H87NO3S. The molecule has 0 amide bonds. The van der Waals surface area contributed by atoms with E-state index >= 15 is 0 Å². The molecule has 0 aliphatic carbocycles. The Labute approximate surface area is 306 Å². The first-order valence-electron chi connectivity index (χ1n) is 20.7. The average Bonchev–Trinajstić information content (AvgIpc) is 3.05. The Morgan fingerprint density at radius 2 is 0.562 bits per heavy atom. The van der Waals surface area contributed by atoms with Gasteiger partial charge in [-0.1, -0.05) is 111 Å². The first-order valence-corrected chi connectivity index (χ1v) is 21.9. The van der Waals surface area contributed by atoms with Crippen LogP contribution in [-0.2, 0) is 14.2 Å². The largest absolute Gasteiger partial charge is 0.374 e. The number of hydrogen-bond donors (Lipinski definition) is 1. The first kappa shape index (κ1) is 46.2. The maximum Gasteiger partial charge on any atom is 0.0601 e. The number of nitrogens with one attached hydrogen (secondary N) is 1. The van der Waals surface area contributed by atoms with E-state index in [0.29, 0.717) is 72.1 Å². The third-order valence-electron chi connectivity index (χ3n) is 11.1. The van der Waals surface area contributed by atoms with Gasteiger partial charge in [-0.15, -0.1) is 0 Å². The van der Waals surface area contributed by atoms with Crippen LogP contribution in [0.2, 0.25) is 0 Å². The molecule has 4 heterocycles. The minimum absolute atomic E-state index is 0.520. The van der Waals surface area contributed by atoms with Gasteiger partial charge in [-0.25, -0.2) is 0 Å². The molecule has 1 N–H and O–H groups in total. The van der Waals surface area contributed by atoms with Crippen molar-refractivity contribution in [2.75, 3.05) is 11.5 Å². The maximum atomic E-state index is 6.01. The first-order chi connectivity index (χ1) is 22.4. The van der Waals surface area contributed by atoms with Gasteiger partial charge < -0.3 is 19.5 Å². The molecule has 0 saturated carbocycles. The smallest absolute Gasteiger partial charge is 0.0601 e. The summed E-state index contributed by atoms with van der Waals surface area (Å²) in [6.45, 7) is 36.3. The van der Waals surface area contributed by atoms with Crippen molar-refractivity contribution >= 4 is 11.8 Å². The van der Waals surface area contributed by atoms with Gasteiger partial charge >= 0.3 is 0 Å². The van der Waals surface area contributed by atoms with Crippen LogP contribution in [0.15, 0.2) is 0 Å². The van der Waals surface area contributed by atoms with Gasteiger partial charge in [0.2, 0.25) is 0 Å². The van der Waals surface area contributed by atoms with Gasteiger partial charge in [-0.05, 0) is 105 Å². The molecule has 0 aromatic rings. The standard InChI is InChI=1S/3C11H22O.C10H21NS/c3*1-8(2)10-6-5-7-11(12-10)9(3)4;1-7(2)9-5-12-6-10(11-9)8(3)4/h3*8-11H,5-7H2,1-4H3;7-11H,5-6H2,1-4H3/t10-,11+;2*10-,11-;9-,10-/m.100/s1. The fourth-order valence-corrected chi connectivity index (χ4v) is 8.65. The Morgan fingerprint density at radius 3 is 0.729 bits per heavy atom. The third-order valence-corrected chi connectivity index (χ3v) is 12.3. The lowest BCUT2D eigenvalue weighted by molar-refractivity contribution is -0.0893. The second kappa shape index (κ2) is 24.4. The summed E-state index contributed by atoms with van der Waals surface area (Å²) in [5.41, 5.74) is 0. The Hall–Kier alpha value is 0.190. The second-order valence-corrected chi connectivity index (χ2v) is 19.4. The van der Waals surface area contributed by atoms with Gasteiger partial charge in [0.1, 0.15) is 0 Å². The molecule has 8 atom stereocenters. The number of thioether (sulfide) groups is 1. The zero-order valence-electron chi connectivity index (χ0n) is 35.1. The lowest BCUT2D eigenvalue weighted by Crippen LogP contribution is -2.50. The summed E-state index contributed by atoms with van der Waals surface area (Å²) < 4.78 is 18.0. The van der Waals surface area contributed by atoms with Crippen molar-refractivity contribution in [2.24, 2.45) is 47.3 Å². The maximum absolute atomic E-state index is 6.01. The average molecular weight is 698 g/mol. The Morgan fingerprint density at radius 1 is 0.354 bits per heavy atom. The predicted molar refractivity (Wildman–Crippen MR) is 214 cm³/mol.